The molecule has 0 aromatic heterocycles. The maximum atomic E-state index is 13.3. The number of alkyl halides is 1. The highest BCUT2D eigenvalue weighted by Gasteiger charge is 2.51. The van der Waals surface area contributed by atoms with Gasteiger partial charge in [0.15, 0.2) is 5.79 Å². The number of rotatable bonds is 13. The van der Waals surface area contributed by atoms with E-state index in [-0.39, 0.29) is 35.2 Å². The van der Waals surface area contributed by atoms with Crippen LogP contribution in [0.15, 0.2) is 91.0 Å². The van der Waals surface area contributed by atoms with E-state index in [1.165, 1.54) is 10.4 Å². The summed E-state index contributed by atoms with van der Waals surface area (Å²) in [5, 5.41) is 2.44. The average molecular weight is 729 g/mol. The summed E-state index contributed by atoms with van der Waals surface area (Å²) in [5.41, 5.74) is 0.539. The zero-order chi connectivity index (χ0) is 32.0. The van der Waals surface area contributed by atoms with E-state index in [4.69, 9.17) is 18.6 Å². The number of benzene rings is 3. The molecule has 0 saturated carbocycles. The SMILES string of the molecule is C[C@H](CCC(OC(=O)c1ccccc1)C1OC(C)(C)OC1CCI)[C@H](C)O[Si](c1ccccc1)(c1ccccc1)C(C)(C)C. The van der Waals surface area contributed by atoms with E-state index in [2.05, 4.69) is 118 Å². The molecule has 1 aliphatic rings. The number of ether oxygens (including phenoxy) is 3. The van der Waals surface area contributed by atoms with E-state index < -0.39 is 20.2 Å². The maximum absolute atomic E-state index is 13.3. The van der Waals surface area contributed by atoms with Gasteiger partial charge in [-0.3, -0.25) is 0 Å². The molecule has 0 bridgehead atoms. The number of carbonyl (C=O) groups is 1. The number of hydrogen-bond donors (Lipinski definition) is 0. The minimum absolute atomic E-state index is 0.0332. The van der Waals surface area contributed by atoms with Gasteiger partial charge in [-0.25, -0.2) is 4.79 Å². The van der Waals surface area contributed by atoms with E-state index in [1.54, 1.807) is 12.1 Å². The topological polar surface area (TPSA) is 54.0 Å². The Bertz CT molecular complexity index is 1270. The van der Waals surface area contributed by atoms with Gasteiger partial charge in [0.1, 0.15) is 12.2 Å². The van der Waals surface area contributed by atoms with Crippen LogP contribution in [0.2, 0.25) is 5.04 Å². The van der Waals surface area contributed by atoms with Gasteiger partial charge in [0.25, 0.3) is 8.32 Å². The van der Waals surface area contributed by atoms with Gasteiger partial charge in [-0.15, -0.1) is 0 Å². The van der Waals surface area contributed by atoms with Crippen molar-refractivity contribution in [2.45, 2.75) is 103 Å². The molecule has 3 aromatic rings. The predicted molar refractivity (Wildman–Crippen MR) is 190 cm³/mol. The van der Waals surface area contributed by atoms with Crippen molar-refractivity contribution in [3.63, 3.8) is 0 Å². The van der Waals surface area contributed by atoms with Crippen LogP contribution in [-0.2, 0) is 18.6 Å². The fourth-order valence-electron chi connectivity index (χ4n) is 6.33. The summed E-state index contributed by atoms with van der Waals surface area (Å²) in [6.45, 7) is 15.2. The molecule has 1 fully saturated rings. The first-order valence-electron chi connectivity index (χ1n) is 15.8. The zero-order valence-electron chi connectivity index (χ0n) is 27.3. The lowest BCUT2D eigenvalue weighted by Crippen LogP contribution is -2.67. The van der Waals surface area contributed by atoms with Crippen molar-refractivity contribution in [3.8, 4) is 0 Å². The second-order valence-corrected chi connectivity index (χ2v) is 18.8. The number of carbonyl (C=O) groups excluding carboxylic acids is 1. The van der Waals surface area contributed by atoms with Gasteiger partial charge in [-0.1, -0.05) is 129 Å². The average Bonchev–Trinajstić information content (AvgIpc) is 3.32. The van der Waals surface area contributed by atoms with Crippen molar-refractivity contribution in [1.29, 1.82) is 0 Å². The number of hydrogen-bond acceptors (Lipinski definition) is 5. The molecule has 4 rings (SSSR count). The molecule has 1 heterocycles. The zero-order valence-corrected chi connectivity index (χ0v) is 30.5. The van der Waals surface area contributed by atoms with Gasteiger partial charge in [-0.2, -0.15) is 0 Å². The maximum Gasteiger partial charge on any atom is 0.338 e. The van der Waals surface area contributed by atoms with Gasteiger partial charge >= 0.3 is 5.97 Å². The highest BCUT2D eigenvalue weighted by Crippen LogP contribution is 2.39. The van der Waals surface area contributed by atoms with Crippen LogP contribution in [0.25, 0.3) is 0 Å². The fraction of sp³-hybridized carbons (Fsp3) is 0.486. The van der Waals surface area contributed by atoms with Gasteiger partial charge in [-0.05, 0) is 73.5 Å². The summed E-state index contributed by atoms with van der Waals surface area (Å²) in [6.07, 6.45) is 1.33. The van der Waals surface area contributed by atoms with Gasteiger partial charge in [0.05, 0.1) is 11.7 Å². The first-order chi connectivity index (χ1) is 20.9. The number of halogens is 1. The summed E-state index contributed by atoms with van der Waals surface area (Å²) in [4.78, 5) is 13.3. The molecule has 44 heavy (non-hydrogen) atoms. The highest BCUT2D eigenvalue weighted by atomic mass is 127. The van der Waals surface area contributed by atoms with E-state index in [9.17, 15) is 4.79 Å². The van der Waals surface area contributed by atoms with Crippen molar-refractivity contribution < 1.29 is 23.4 Å². The molecule has 0 amide bonds. The monoisotopic (exact) mass is 728 g/mol. The Hall–Kier alpha value is -2.04. The second-order valence-electron chi connectivity index (χ2n) is 13.5. The Balaban J connectivity index is 1.59. The minimum atomic E-state index is -2.70. The van der Waals surface area contributed by atoms with Gasteiger partial charge in [0.2, 0.25) is 0 Å². The van der Waals surface area contributed by atoms with Crippen molar-refractivity contribution >= 4 is 47.3 Å². The molecule has 7 heteroatoms. The first-order valence-corrected chi connectivity index (χ1v) is 19.3. The van der Waals surface area contributed by atoms with Crippen LogP contribution >= 0.6 is 22.6 Å². The molecular formula is C37H49IO5Si. The molecular weight excluding hydrogens is 679 g/mol. The Morgan fingerprint density at radius 1 is 0.864 bits per heavy atom. The summed E-state index contributed by atoms with van der Waals surface area (Å²) >= 11 is 2.37. The van der Waals surface area contributed by atoms with E-state index >= 15 is 0 Å². The van der Waals surface area contributed by atoms with Crippen molar-refractivity contribution in [2.75, 3.05) is 4.43 Å². The van der Waals surface area contributed by atoms with Crippen LogP contribution in [0.4, 0.5) is 0 Å². The van der Waals surface area contributed by atoms with Gasteiger partial charge < -0.3 is 18.6 Å². The van der Waals surface area contributed by atoms with Crippen molar-refractivity contribution in [3.05, 3.63) is 96.6 Å². The molecule has 1 saturated heterocycles. The van der Waals surface area contributed by atoms with Crippen LogP contribution in [0.1, 0.15) is 78.1 Å². The van der Waals surface area contributed by atoms with Crippen LogP contribution < -0.4 is 10.4 Å². The Morgan fingerprint density at radius 3 is 1.89 bits per heavy atom. The molecule has 0 spiro atoms. The Kier molecular flexibility index (Phi) is 11.9. The molecule has 5 nitrogen and oxygen atoms in total. The number of esters is 1. The summed E-state index contributed by atoms with van der Waals surface area (Å²) in [5.74, 6) is -0.863. The Morgan fingerprint density at radius 2 is 1.39 bits per heavy atom. The van der Waals surface area contributed by atoms with Crippen LogP contribution in [0, 0.1) is 5.92 Å². The predicted octanol–water partition coefficient (Wildman–Crippen LogP) is 7.94. The third kappa shape index (κ3) is 8.21. The van der Waals surface area contributed by atoms with E-state index in [1.807, 2.05) is 32.0 Å². The lowest BCUT2D eigenvalue weighted by molar-refractivity contribution is -0.156. The summed E-state index contributed by atoms with van der Waals surface area (Å²) in [7, 11) is -2.70. The second kappa shape index (κ2) is 15.0. The first kappa shape index (κ1) is 34.8. The molecule has 3 unspecified atom stereocenters. The summed E-state index contributed by atoms with van der Waals surface area (Å²) < 4.78 is 27.3. The summed E-state index contributed by atoms with van der Waals surface area (Å²) in [6, 6.07) is 30.7. The molecule has 0 radical (unpaired) electrons. The third-order valence-electron chi connectivity index (χ3n) is 8.74. The smallest absolute Gasteiger partial charge is 0.338 e. The quantitative estimate of drug-likeness (QED) is 0.0775. The van der Waals surface area contributed by atoms with Crippen LogP contribution in [-0.4, -0.2) is 48.9 Å². The molecule has 0 N–H and O–H groups in total. The lowest BCUT2D eigenvalue weighted by Gasteiger charge is -2.45. The minimum Gasteiger partial charge on any atom is -0.456 e. The highest BCUT2D eigenvalue weighted by molar-refractivity contribution is 14.1. The lowest BCUT2D eigenvalue weighted by atomic mass is 9.94. The van der Waals surface area contributed by atoms with Crippen LogP contribution in [0.5, 0.6) is 0 Å². The fourth-order valence-corrected chi connectivity index (χ4v) is 11.7. The van der Waals surface area contributed by atoms with E-state index in [0.29, 0.717) is 12.0 Å². The molecule has 238 valence electrons. The van der Waals surface area contributed by atoms with Crippen LogP contribution in [0.3, 0.4) is 0 Å². The van der Waals surface area contributed by atoms with E-state index in [0.717, 1.165) is 17.3 Å². The van der Waals surface area contributed by atoms with Crippen molar-refractivity contribution in [1.82, 2.24) is 0 Å². The standard InChI is InChI=1S/C37H49IO5Si/c1-27(28(2)43-44(36(3,4)5,30-19-13-9-14-20-30)31-21-15-10-16-22-31)23-24-32(40-35(39)29-17-11-8-12-18-29)34-33(25-26-38)41-37(6,7)42-34/h8-22,27-28,32-34H,23-26H2,1-7H3/t27-,28+,32?,33?,34?/m1/s1. The molecule has 0 aliphatic carbocycles. The normalized spacial score (nSPS) is 20.5. The third-order valence-corrected chi connectivity index (χ3v) is 14.5. The molecule has 5 atom stereocenters. The molecule has 3 aromatic carbocycles. The molecule has 1 aliphatic heterocycles. The Labute approximate surface area is 279 Å². The van der Waals surface area contributed by atoms with Crippen molar-refractivity contribution in [2.24, 2.45) is 5.92 Å². The largest absolute Gasteiger partial charge is 0.456 e. The van der Waals surface area contributed by atoms with Gasteiger partial charge in [0, 0.05) is 10.5 Å².